The van der Waals surface area contributed by atoms with Crippen molar-refractivity contribution in [3.05, 3.63) is 60.4 Å². The highest BCUT2D eigenvalue weighted by atomic mass is 16.3. The molecule has 8 heteroatoms. The lowest BCUT2D eigenvalue weighted by atomic mass is 10.2. The van der Waals surface area contributed by atoms with Gasteiger partial charge in [0.15, 0.2) is 0 Å². The fourth-order valence-electron chi connectivity index (χ4n) is 2.33. The van der Waals surface area contributed by atoms with Crippen molar-refractivity contribution in [3.8, 4) is 11.3 Å². The first-order valence-corrected chi connectivity index (χ1v) is 8.39. The SMILES string of the molecule is C[C@H](CO)Nc1nc(NC(=O)c2ccc(N)cc2)cc(-c2cccnc2)n1. The Bertz CT molecular complexity index is 915. The summed E-state index contributed by atoms with van der Waals surface area (Å²) in [5.74, 6) is 0.316. The third kappa shape index (κ3) is 4.77. The first-order valence-electron chi connectivity index (χ1n) is 8.39. The second-order valence-corrected chi connectivity index (χ2v) is 6.01. The molecule has 0 saturated carbocycles. The summed E-state index contributed by atoms with van der Waals surface area (Å²) in [6, 6.07) is 11.7. The minimum absolute atomic E-state index is 0.0758. The largest absolute Gasteiger partial charge is 0.399 e. The molecule has 0 aliphatic heterocycles. The molecule has 0 radical (unpaired) electrons. The van der Waals surface area contributed by atoms with Gasteiger partial charge in [-0.3, -0.25) is 9.78 Å². The van der Waals surface area contributed by atoms with Crippen LogP contribution < -0.4 is 16.4 Å². The van der Waals surface area contributed by atoms with Gasteiger partial charge in [0.1, 0.15) is 5.82 Å². The number of pyridine rings is 1. The topological polar surface area (TPSA) is 126 Å². The number of amides is 1. The summed E-state index contributed by atoms with van der Waals surface area (Å²) in [6.07, 6.45) is 3.34. The van der Waals surface area contributed by atoms with E-state index >= 15 is 0 Å². The third-order valence-electron chi connectivity index (χ3n) is 3.75. The van der Waals surface area contributed by atoms with E-state index in [2.05, 4.69) is 25.6 Å². The predicted octanol–water partition coefficient (Wildman–Crippen LogP) is 2.17. The second-order valence-electron chi connectivity index (χ2n) is 6.01. The number of aliphatic hydroxyl groups is 1. The molecule has 0 saturated heterocycles. The van der Waals surface area contributed by atoms with Crippen molar-refractivity contribution in [1.82, 2.24) is 15.0 Å². The van der Waals surface area contributed by atoms with Gasteiger partial charge < -0.3 is 21.5 Å². The highest BCUT2D eigenvalue weighted by molar-refractivity contribution is 6.04. The molecule has 27 heavy (non-hydrogen) atoms. The smallest absolute Gasteiger partial charge is 0.256 e. The van der Waals surface area contributed by atoms with E-state index in [0.29, 0.717) is 28.7 Å². The van der Waals surface area contributed by atoms with Crippen LogP contribution >= 0.6 is 0 Å². The number of aromatic nitrogens is 3. The molecule has 0 unspecified atom stereocenters. The van der Waals surface area contributed by atoms with E-state index in [9.17, 15) is 9.90 Å². The Hall–Kier alpha value is -3.52. The highest BCUT2D eigenvalue weighted by Gasteiger charge is 2.12. The van der Waals surface area contributed by atoms with Crippen molar-refractivity contribution < 1.29 is 9.90 Å². The maximum atomic E-state index is 12.5. The van der Waals surface area contributed by atoms with Crippen LogP contribution in [0.25, 0.3) is 11.3 Å². The Morgan fingerprint density at radius 2 is 2.00 bits per heavy atom. The highest BCUT2D eigenvalue weighted by Crippen LogP contribution is 2.21. The van der Waals surface area contributed by atoms with E-state index in [-0.39, 0.29) is 18.6 Å². The maximum absolute atomic E-state index is 12.5. The number of nitrogens with two attached hydrogens (primary N) is 1. The Morgan fingerprint density at radius 1 is 1.22 bits per heavy atom. The molecule has 0 aliphatic carbocycles. The van der Waals surface area contributed by atoms with Crippen LogP contribution in [0.2, 0.25) is 0 Å². The summed E-state index contributed by atoms with van der Waals surface area (Å²) >= 11 is 0. The molecule has 3 aromatic rings. The zero-order valence-electron chi connectivity index (χ0n) is 14.8. The number of nitrogens with one attached hydrogen (secondary N) is 2. The van der Waals surface area contributed by atoms with Crippen molar-refractivity contribution in [2.45, 2.75) is 13.0 Å². The standard InChI is InChI=1S/C19H20N6O2/c1-12(11-26)22-19-23-16(14-3-2-8-21-10-14)9-17(25-19)24-18(27)13-4-6-15(20)7-5-13/h2-10,12,26H,11,20H2,1H3,(H2,22,23,24,25,27)/t12-/m1/s1. The number of carbonyl (C=O) groups is 1. The Morgan fingerprint density at radius 3 is 2.67 bits per heavy atom. The minimum atomic E-state index is -0.313. The number of anilines is 3. The Balaban J connectivity index is 1.91. The molecule has 2 heterocycles. The third-order valence-corrected chi connectivity index (χ3v) is 3.75. The first kappa shape index (κ1) is 18.3. The van der Waals surface area contributed by atoms with E-state index in [4.69, 9.17) is 5.73 Å². The summed E-state index contributed by atoms with van der Waals surface area (Å²) in [5.41, 5.74) is 8.07. The van der Waals surface area contributed by atoms with E-state index < -0.39 is 0 Å². The summed E-state index contributed by atoms with van der Waals surface area (Å²) < 4.78 is 0. The lowest BCUT2D eigenvalue weighted by Crippen LogP contribution is -2.22. The van der Waals surface area contributed by atoms with Gasteiger partial charge in [-0.1, -0.05) is 0 Å². The quantitative estimate of drug-likeness (QED) is 0.494. The summed E-state index contributed by atoms with van der Waals surface area (Å²) in [5, 5.41) is 15.0. The number of carbonyl (C=O) groups excluding carboxylic acids is 1. The van der Waals surface area contributed by atoms with Crippen molar-refractivity contribution in [3.63, 3.8) is 0 Å². The first-order chi connectivity index (χ1) is 13.0. The molecule has 138 valence electrons. The van der Waals surface area contributed by atoms with Crippen LogP contribution in [0.1, 0.15) is 17.3 Å². The van der Waals surface area contributed by atoms with Crippen LogP contribution in [0.15, 0.2) is 54.9 Å². The minimum Gasteiger partial charge on any atom is -0.399 e. The lowest BCUT2D eigenvalue weighted by Gasteiger charge is -2.14. The van der Waals surface area contributed by atoms with Crippen molar-refractivity contribution in [2.75, 3.05) is 23.0 Å². The average molecular weight is 364 g/mol. The molecular formula is C19H20N6O2. The number of hydrogen-bond acceptors (Lipinski definition) is 7. The molecule has 2 aromatic heterocycles. The van der Waals surface area contributed by atoms with Crippen LogP contribution in [0.5, 0.6) is 0 Å². The lowest BCUT2D eigenvalue weighted by molar-refractivity contribution is 0.102. The molecule has 3 rings (SSSR count). The monoisotopic (exact) mass is 364 g/mol. The van der Waals surface area contributed by atoms with Crippen LogP contribution in [0.4, 0.5) is 17.5 Å². The fourth-order valence-corrected chi connectivity index (χ4v) is 2.33. The van der Waals surface area contributed by atoms with E-state index in [1.165, 1.54) is 0 Å². The van der Waals surface area contributed by atoms with Crippen molar-refractivity contribution in [2.24, 2.45) is 0 Å². The molecule has 0 aliphatic rings. The molecule has 1 atom stereocenters. The summed E-state index contributed by atoms with van der Waals surface area (Å²) in [6.45, 7) is 1.72. The van der Waals surface area contributed by atoms with Gasteiger partial charge in [-0.2, -0.15) is 4.98 Å². The predicted molar refractivity (Wildman–Crippen MR) is 104 cm³/mol. The zero-order chi connectivity index (χ0) is 19.2. The van der Waals surface area contributed by atoms with Gasteiger partial charge in [0.25, 0.3) is 5.91 Å². The summed E-state index contributed by atoms with van der Waals surface area (Å²) in [4.78, 5) is 25.3. The molecule has 0 fully saturated rings. The zero-order valence-corrected chi connectivity index (χ0v) is 14.8. The van der Waals surface area contributed by atoms with Gasteiger partial charge in [-0.05, 0) is 43.3 Å². The molecule has 0 bridgehead atoms. The number of hydrogen-bond donors (Lipinski definition) is 4. The second kappa shape index (κ2) is 8.24. The van der Waals surface area contributed by atoms with Crippen molar-refractivity contribution in [1.29, 1.82) is 0 Å². The fraction of sp³-hybridized carbons (Fsp3) is 0.158. The Kier molecular flexibility index (Phi) is 5.58. The molecule has 0 spiro atoms. The van der Waals surface area contributed by atoms with E-state index in [0.717, 1.165) is 5.56 Å². The number of rotatable bonds is 6. The van der Waals surface area contributed by atoms with Crippen LogP contribution in [-0.4, -0.2) is 38.6 Å². The number of nitrogens with zero attached hydrogens (tertiary/aromatic N) is 3. The molecule has 1 aromatic carbocycles. The normalized spacial score (nSPS) is 11.6. The number of aliphatic hydroxyl groups excluding tert-OH is 1. The Labute approximate surface area is 156 Å². The average Bonchev–Trinajstić information content (AvgIpc) is 2.69. The van der Waals surface area contributed by atoms with Gasteiger partial charge in [0.05, 0.1) is 12.3 Å². The number of benzene rings is 1. The van der Waals surface area contributed by atoms with Gasteiger partial charge in [-0.15, -0.1) is 0 Å². The molecular weight excluding hydrogens is 344 g/mol. The molecule has 5 N–H and O–H groups in total. The van der Waals surface area contributed by atoms with Crippen LogP contribution in [0.3, 0.4) is 0 Å². The van der Waals surface area contributed by atoms with Crippen LogP contribution in [-0.2, 0) is 0 Å². The molecule has 1 amide bonds. The molecule has 8 nitrogen and oxygen atoms in total. The van der Waals surface area contributed by atoms with Gasteiger partial charge in [-0.25, -0.2) is 4.98 Å². The van der Waals surface area contributed by atoms with E-state index in [1.54, 1.807) is 55.7 Å². The van der Waals surface area contributed by atoms with E-state index in [1.807, 2.05) is 6.07 Å². The van der Waals surface area contributed by atoms with Crippen molar-refractivity contribution >= 4 is 23.4 Å². The number of nitrogen functional groups attached to an aromatic ring is 1. The van der Waals surface area contributed by atoms with Crippen LogP contribution in [0, 0.1) is 0 Å². The summed E-state index contributed by atoms with van der Waals surface area (Å²) in [7, 11) is 0. The van der Waals surface area contributed by atoms with Gasteiger partial charge >= 0.3 is 0 Å². The van der Waals surface area contributed by atoms with Gasteiger partial charge in [0.2, 0.25) is 5.95 Å². The maximum Gasteiger partial charge on any atom is 0.256 e. The van der Waals surface area contributed by atoms with Gasteiger partial charge in [0, 0.05) is 41.3 Å².